The van der Waals surface area contributed by atoms with Gasteiger partial charge in [0.25, 0.3) is 0 Å². The van der Waals surface area contributed by atoms with E-state index < -0.39 is 0 Å². The van der Waals surface area contributed by atoms with E-state index in [1.807, 2.05) is 0 Å². The molecular formula is C32H41Cl3N3Nd. The van der Waals surface area contributed by atoms with E-state index in [4.69, 9.17) is 15.0 Å². The van der Waals surface area contributed by atoms with Crippen molar-refractivity contribution in [2.45, 2.75) is 88.0 Å². The van der Waals surface area contributed by atoms with Crippen LogP contribution < -0.4 is 37.2 Å². The van der Waals surface area contributed by atoms with Crippen LogP contribution in [0, 0.1) is 61.6 Å². The molecule has 0 spiro atoms. The van der Waals surface area contributed by atoms with E-state index >= 15 is 0 Å². The van der Waals surface area contributed by atoms with E-state index in [0.29, 0.717) is 0 Å². The Morgan fingerprint density at radius 3 is 1.05 bits per heavy atom. The number of rotatable bonds is 8. The van der Waals surface area contributed by atoms with Crippen LogP contribution in [0.1, 0.15) is 91.9 Å². The van der Waals surface area contributed by atoms with Crippen molar-refractivity contribution in [2.24, 2.45) is 9.98 Å². The molecule has 0 bridgehead atoms. The summed E-state index contributed by atoms with van der Waals surface area (Å²) in [4.78, 5) is 15.3. The van der Waals surface area contributed by atoms with Crippen LogP contribution in [-0.4, -0.2) is 16.4 Å². The average Bonchev–Trinajstić information content (AvgIpc) is 2.84. The van der Waals surface area contributed by atoms with Gasteiger partial charge in [-0.2, -0.15) is 0 Å². The molecule has 0 amide bonds. The van der Waals surface area contributed by atoms with Crippen molar-refractivity contribution >= 4 is 22.8 Å². The third kappa shape index (κ3) is 10.2. The monoisotopic (exact) mass is 714 g/mol. The third-order valence-electron chi connectivity index (χ3n) is 6.62. The Hall–Kier alpha value is -0.849. The van der Waals surface area contributed by atoms with Gasteiger partial charge in [0, 0.05) is 0 Å². The van der Waals surface area contributed by atoms with Crippen molar-refractivity contribution < 1.29 is 78.1 Å². The zero-order valence-electron chi connectivity index (χ0n) is 24.8. The van der Waals surface area contributed by atoms with Crippen LogP contribution in [0.2, 0.25) is 0 Å². The van der Waals surface area contributed by atoms with Crippen LogP contribution >= 0.6 is 0 Å². The molecule has 0 fully saturated rings. The Kier molecular flexibility index (Phi) is 19.2. The van der Waals surface area contributed by atoms with Crippen LogP contribution in [0.5, 0.6) is 0 Å². The molecule has 7 heteroatoms. The van der Waals surface area contributed by atoms with Crippen molar-refractivity contribution in [3.05, 3.63) is 86.7 Å². The summed E-state index contributed by atoms with van der Waals surface area (Å²) in [5, 5.41) is 0. The van der Waals surface area contributed by atoms with Gasteiger partial charge >= 0.3 is 40.8 Å². The van der Waals surface area contributed by atoms with Gasteiger partial charge in [-0.1, -0.05) is 63.1 Å². The molecule has 0 aliphatic rings. The van der Waals surface area contributed by atoms with Crippen LogP contribution in [0.4, 0.5) is 11.4 Å². The minimum Gasteiger partial charge on any atom is -1.00 e. The molecule has 209 valence electrons. The Labute approximate surface area is 288 Å². The summed E-state index contributed by atoms with van der Waals surface area (Å²) in [6.07, 6.45) is 3.87. The van der Waals surface area contributed by atoms with Crippen LogP contribution in [0.25, 0.3) is 0 Å². The van der Waals surface area contributed by atoms with E-state index in [1.165, 1.54) is 38.9 Å². The third-order valence-corrected chi connectivity index (χ3v) is 6.62. The Balaban J connectivity index is 0. The van der Waals surface area contributed by atoms with E-state index in [1.54, 1.807) is 0 Å². The molecule has 1 aromatic heterocycles. The molecule has 3 nitrogen and oxygen atoms in total. The molecular weight excluding hydrogens is 677 g/mol. The minimum atomic E-state index is 0. The maximum absolute atomic E-state index is 5.12. The zero-order chi connectivity index (χ0) is 25.7. The van der Waals surface area contributed by atoms with Gasteiger partial charge < -0.3 is 37.2 Å². The van der Waals surface area contributed by atoms with Crippen molar-refractivity contribution in [1.82, 2.24) is 4.98 Å². The number of aryl methyl sites for hydroxylation is 7. The summed E-state index contributed by atoms with van der Waals surface area (Å²) in [5.74, 6) is 0. The van der Waals surface area contributed by atoms with E-state index in [-0.39, 0.29) is 78.1 Å². The first-order valence-electron chi connectivity index (χ1n) is 13.0. The van der Waals surface area contributed by atoms with E-state index in [0.717, 1.165) is 59.9 Å². The van der Waals surface area contributed by atoms with Crippen molar-refractivity contribution in [3.63, 3.8) is 0 Å². The Morgan fingerprint density at radius 2 is 0.795 bits per heavy atom. The van der Waals surface area contributed by atoms with Crippen molar-refractivity contribution in [2.75, 3.05) is 0 Å². The molecule has 39 heavy (non-hydrogen) atoms. The van der Waals surface area contributed by atoms with Gasteiger partial charge in [-0.15, -0.1) is 0 Å². The molecule has 0 aliphatic carbocycles. The molecule has 3 rings (SSSR count). The second kappa shape index (κ2) is 18.6. The van der Waals surface area contributed by atoms with Gasteiger partial charge in [0.2, 0.25) is 0 Å². The molecule has 0 atom stereocenters. The fraction of sp³-hybridized carbons (Fsp3) is 0.406. The average molecular weight is 718 g/mol. The predicted octanol–water partition coefficient (Wildman–Crippen LogP) is -0.450. The number of pyridine rings is 1. The Bertz CT molecular complexity index is 1150. The van der Waals surface area contributed by atoms with Crippen LogP contribution in [0.15, 0.2) is 46.4 Å². The molecule has 1 radical (unpaired) electrons. The molecule has 0 N–H and O–H groups in total. The number of benzene rings is 2. The van der Waals surface area contributed by atoms with Crippen molar-refractivity contribution in [3.8, 4) is 0 Å². The number of hydrogen-bond acceptors (Lipinski definition) is 3. The smallest absolute Gasteiger partial charge is 1.00 e. The first kappa shape index (κ1) is 40.3. The number of halogens is 3. The molecule has 1 heterocycles. The summed E-state index contributed by atoms with van der Waals surface area (Å²) < 4.78 is 0. The molecule has 0 saturated carbocycles. The van der Waals surface area contributed by atoms with Gasteiger partial charge in [-0.25, -0.2) is 4.98 Å². The number of aromatic nitrogens is 1. The minimum absolute atomic E-state index is 0. The van der Waals surface area contributed by atoms with E-state index in [9.17, 15) is 0 Å². The summed E-state index contributed by atoms with van der Waals surface area (Å²) in [5.41, 5.74) is 14.9. The molecule has 0 unspecified atom stereocenters. The molecule has 0 saturated heterocycles. The summed E-state index contributed by atoms with van der Waals surface area (Å²) in [6, 6.07) is 13.3. The number of aliphatic imine (C=N–C) groups is 2. The number of hydrogen-bond donors (Lipinski definition) is 0. The molecule has 2 aromatic carbocycles. The Morgan fingerprint density at radius 1 is 0.538 bits per heavy atom. The standard InChI is InChI=1S/C32H41N3.3ClH.Nd/c1-10-25-14-20(5)15-26(11-2)31(25)33-23(8)29-18-22(7)19-30(35-29)24(9)34-32-27(12-3)16-21(6)17-28(32)13-4;;;;/h14-19H,10-13H2,1-9H3;3*1H;/q;;;;+3/p-3. The first-order chi connectivity index (χ1) is 16.7. The quantitative estimate of drug-likeness (QED) is 0.292. The van der Waals surface area contributed by atoms with Crippen LogP contribution in [-0.2, 0) is 25.7 Å². The number of nitrogens with zero attached hydrogens (tertiary/aromatic N) is 3. The fourth-order valence-corrected chi connectivity index (χ4v) is 4.72. The van der Waals surface area contributed by atoms with Crippen LogP contribution in [0.3, 0.4) is 0 Å². The zero-order valence-corrected chi connectivity index (χ0v) is 30.2. The molecule has 3 aromatic rings. The normalized spacial score (nSPS) is 11.1. The largest absolute Gasteiger partial charge is 3.00 e. The van der Waals surface area contributed by atoms with Gasteiger partial charge in [0.1, 0.15) is 0 Å². The SMILES string of the molecule is CCc1cc(C)cc(CC)c1N=C(C)c1cc(C)cc(C(C)=Nc2c(CC)cc(C)cc2CC)n1.[Cl-].[Cl-].[Cl-].[Nd+3]. The molecule has 0 aliphatic heterocycles. The summed E-state index contributed by atoms with van der Waals surface area (Å²) in [7, 11) is 0. The summed E-state index contributed by atoms with van der Waals surface area (Å²) >= 11 is 0. The predicted molar refractivity (Wildman–Crippen MR) is 153 cm³/mol. The van der Waals surface area contributed by atoms with Crippen molar-refractivity contribution in [1.29, 1.82) is 0 Å². The van der Waals surface area contributed by atoms with Gasteiger partial charge in [-0.05, 0) is 100 Å². The second-order valence-corrected chi connectivity index (χ2v) is 9.59. The first-order valence-corrected chi connectivity index (χ1v) is 13.0. The topological polar surface area (TPSA) is 37.6 Å². The van der Waals surface area contributed by atoms with Gasteiger partial charge in [0.05, 0.1) is 34.2 Å². The fourth-order valence-electron chi connectivity index (χ4n) is 4.72. The second-order valence-electron chi connectivity index (χ2n) is 9.59. The van der Waals surface area contributed by atoms with Gasteiger partial charge in [-0.3, -0.25) is 9.98 Å². The van der Waals surface area contributed by atoms with E-state index in [2.05, 4.69) is 98.7 Å². The maximum atomic E-state index is 5.12. The maximum Gasteiger partial charge on any atom is 3.00 e. The van der Waals surface area contributed by atoms with Gasteiger partial charge in [0.15, 0.2) is 0 Å². The summed E-state index contributed by atoms with van der Waals surface area (Å²) in [6.45, 7) is 19.4.